The van der Waals surface area contributed by atoms with Gasteiger partial charge in [0.1, 0.15) is 5.82 Å². The van der Waals surface area contributed by atoms with Crippen LogP contribution in [0.4, 0.5) is 0 Å². The van der Waals surface area contributed by atoms with Crippen LogP contribution in [0.15, 0.2) is 48.5 Å². The number of methoxy groups -OCH3 is 2. The Kier molecular flexibility index (Phi) is 4.43. The van der Waals surface area contributed by atoms with Gasteiger partial charge >= 0.3 is 5.97 Å². The van der Waals surface area contributed by atoms with Crippen LogP contribution in [0.25, 0.3) is 16.9 Å². The van der Waals surface area contributed by atoms with Gasteiger partial charge in [-0.25, -0.2) is 9.78 Å². The summed E-state index contributed by atoms with van der Waals surface area (Å²) in [5.41, 5.74) is 1.91. The molecular weight excluding hydrogens is 320 g/mol. The second-order valence-electron chi connectivity index (χ2n) is 5.38. The van der Waals surface area contributed by atoms with E-state index >= 15 is 0 Å². The molecule has 0 aliphatic carbocycles. The highest BCUT2D eigenvalue weighted by atomic mass is 16.5. The highest BCUT2D eigenvalue weighted by Gasteiger charge is 2.24. The smallest absolute Gasteiger partial charge is 0.356 e. The van der Waals surface area contributed by atoms with Crippen molar-refractivity contribution in [1.82, 2.24) is 9.55 Å². The third-order valence-corrected chi connectivity index (χ3v) is 3.92. The number of ether oxygens (including phenoxy) is 2. The summed E-state index contributed by atoms with van der Waals surface area (Å²) >= 11 is 0. The molecule has 2 aromatic carbocycles. The second kappa shape index (κ2) is 6.68. The molecular formula is C19H18N2O4. The maximum atomic E-state index is 11.7. The van der Waals surface area contributed by atoms with E-state index in [0.717, 1.165) is 5.56 Å². The van der Waals surface area contributed by atoms with Crippen LogP contribution < -0.4 is 9.47 Å². The number of carbonyl (C=O) groups is 1. The molecule has 128 valence electrons. The average molecular weight is 338 g/mol. The number of aryl methyl sites for hydroxylation is 1. The minimum absolute atomic E-state index is 0.00595. The number of aromatic nitrogens is 2. The van der Waals surface area contributed by atoms with Crippen LogP contribution in [-0.2, 0) is 0 Å². The van der Waals surface area contributed by atoms with Gasteiger partial charge < -0.3 is 14.6 Å². The summed E-state index contributed by atoms with van der Waals surface area (Å²) in [5, 5.41) is 9.61. The lowest BCUT2D eigenvalue weighted by Gasteiger charge is -2.16. The first-order valence-electron chi connectivity index (χ1n) is 7.68. The monoisotopic (exact) mass is 338 g/mol. The topological polar surface area (TPSA) is 73.6 Å². The fraction of sp³-hybridized carbons (Fsp3) is 0.158. The van der Waals surface area contributed by atoms with Gasteiger partial charge in [-0.1, -0.05) is 36.4 Å². The van der Waals surface area contributed by atoms with Crippen LogP contribution in [0.1, 0.15) is 16.3 Å². The normalized spacial score (nSPS) is 10.5. The van der Waals surface area contributed by atoms with Gasteiger partial charge in [0.2, 0.25) is 0 Å². The Morgan fingerprint density at radius 3 is 2.36 bits per heavy atom. The Balaban J connectivity index is 2.37. The van der Waals surface area contributed by atoms with Crippen molar-refractivity contribution in [2.24, 2.45) is 0 Å². The molecule has 3 aromatic rings. The lowest BCUT2D eigenvalue weighted by molar-refractivity contribution is 0.0692. The average Bonchev–Trinajstić information content (AvgIpc) is 2.99. The van der Waals surface area contributed by atoms with Gasteiger partial charge in [-0.05, 0) is 19.1 Å². The molecule has 0 fully saturated rings. The van der Waals surface area contributed by atoms with E-state index in [9.17, 15) is 9.90 Å². The number of hydrogen-bond donors (Lipinski definition) is 1. The molecule has 0 aliphatic heterocycles. The zero-order valence-electron chi connectivity index (χ0n) is 14.2. The van der Waals surface area contributed by atoms with Crippen molar-refractivity contribution >= 4 is 5.97 Å². The van der Waals surface area contributed by atoms with Gasteiger partial charge in [-0.2, -0.15) is 0 Å². The Morgan fingerprint density at radius 2 is 1.76 bits per heavy atom. The minimum atomic E-state index is -1.08. The standard InChI is InChI=1S/C19H18N2O4/c1-12-20-16(19(22)23)17(13-8-5-4-6-9-13)21(12)14-10-7-11-15(24-2)18(14)25-3/h4-11H,1-3H3,(H,22,23). The predicted molar refractivity (Wildman–Crippen MR) is 93.8 cm³/mol. The van der Waals surface area contributed by atoms with E-state index < -0.39 is 5.97 Å². The second-order valence-corrected chi connectivity index (χ2v) is 5.38. The number of carboxylic acid groups (broad SMARTS) is 1. The van der Waals surface area contributed by atoms with Crippen molar-refractivity contribution in [3.8, 4) is 28.4 Å². The van der Waals surface area contributed by atoms with Gasteiger partial charge in [-0.3, -0.25) is 4.57 Å². The van der Waals surface area contributed by atoms with E-state index in [1.165, 1.54) is 0 Å². The molecule has 0 spiro atoms. The lowest BCUT2D eigenvalue weighted by atomic mass is 10.1. The molecule has 6 nitrogen and oxygen atoms in total. The molecule has 0 aliphatic rings. The number of nitrogens with zero attached hydrogens (tertiary/aromatic N) is 2. The van der Waals surface area contributed by atoms with Gasteiger partial charge in [0.15, 0.2) is 17.2 Å². The molecule has 0 bridgehead atoms. The van der Waals surface area contributed by atoms with Crippen LogP contribution in [-0.4, -0.2) is 34.8 Å². The number of para-hydroxylation sites is 1. The number of aromatic carboxylic acids is 1. The zero-order chi connectivity index (χ0) is 18.0. The molecule has 1 heterocycles. The van der Waals surface area contributed by atoms with Gasteiger partial charge in [0.25, 0.3) is 0 Å². The van der Waals surface area contributed by atoms with E-state index in [1.807, 2.05) is 42.5 Å². The van der Waals surface area contributed by atoms with Crippen molar-refractivity contribution in [3.63, 3.8) is 0 Å². The van der Waals surface area contributed by atoms with Crippen LogP contribution in [0.5, 0.6) is 11.5 Å². The van der Waals surface area contributed by atoms with Gasteiger partial charge in [0, 0.05) is 5.56 Å². The first-order chi connectivity index (χ1) is 12.1. The number of hydrogen-bond acceptors (Lipinski definition) is 4. The molecule has 0 atom stereocenters. The highest BCUT2D eigenvalue weighted by Crippen LogP contribution is 2.37. The van der Waals surface area contributed by atoms with Crippen molar-refractivity contribution in [2.75, 3.05) is 14.2 Å². The molecule has 25 heavy (non-hydrogen) atoms. The molecule has 0 saturated carbocycles. The quantitative estimate of drug-likeness (QED) is 0.770. The molecule has 6 heteroatoms. The number of rotatable bonds is 5. The Morgan fingerprint density at radius 1 is 1.04 bits per heavy atom. The van der Waals surface area contributed by atoms with Crippen LogP contribution >= 0.6 is 0 Å². The third kappa shape index (κ3) is 2.82. The van der Waals surface area contributed by atoms with Crippen LogP contribution in [0.3, 0.4) is 0 Å². The summed E-state index contributed by atoms with van der Waals surface area (Å²) in [6.45, 7) is 1.76. The Bertz CT molecular complexity index is 917. The summed E-state index contributed by atoms with van der Waals surface area (Å²) in [7, 11) is 3.11. The Labute approximate surface area is 145 Å². The van der Waals surface area contributed by atoms with E-state index in [4.69, 9.17) is 9.47 Å². The summed E-state index contributed by atoms with van der Waals surface area (Å²) in [6.07, 6.45) is 0. The number of carboxylic acids is 1. The molecule has 1 N–H and O–H groups in total. The Hall–Kier alpha value is -3.28. The fourth-order valence-corrected chi connectivity index (χ4v) is 2.88. The third-order valence-electron chi connectivity index (χ3n) is 3.92. The van der Waals surface area contributed by atoms with Crippen molar-refractivity contribution < 1.29 is 19.4 Å². The molecule has 0 amide bonds. The van der Waals surface area contributed by atoms with Gasteiger partial charge in [-0.15, -0.1) is 0 Å². The summed E-state index contributed by atoms with van der Waals surface area (Å²) in [4.78, 5) is 16.0. The van der Waals surface area contributed by atoms with E-state index in [-0.39, 0.29) is 5.69 Å². The fourth-order valence-electron chi connectivity index (χ4n) is 2.88. The predicted octanol–water partition coefficient (Wildman–Crippen LogP) is 3.56. The van der Waals surface area contributed by atoms with Crippen molar-refractivity contribution in [3.05, 3.63) is 60.0 Å². The molecule has 0 saturated heterocycles. The van der Waals surface area contributed by atoms with Gasteiger partial charge in [0.05, 0.1) is 25.6 Å². The maximum Gasteiger partial charge on any atom is 0.356 e. The number of imidazole rings is 1. The SMILES string of the molecule is COc1cccc(-n2c(C)nc(C(=O)O)c2-c2ccccc2)c1OC. The molecule has 3 rings (SSSR count). The molecule has 0 unspecified atom stereocenters. The molecule has 1 aromatic heterocycles. The van der Waals surface area contributed by atoms with Crippen molar-refractivity contribution in [2.45, 2.75) is 6.92 Å². The summed E-state index contributed by atoms with van der Waals surface area (Å²) in [5.74, 6) is 0.536. The maximum absolute atomic E-state index is 11.7. The zero-order valence-corrected chi connectivity index (χ0v) is 14.2. The summed E-state index contributed by atoms with van der Waals surface area (Å²) in [6, 6.07) is 14.8. The van der Waals surface area contributed by atoms with E-state index in [1.54, 1.807) is 31.8 Å². The van der Waals surface area contributed by atoms with E-state index in [0.29, 0.717) is 28.7 Å². The largest absolute Gasteiger partial charge is 0.493 e. The summed E-state index contributed by atoms with van der Waals surface area (Å²) < 4.78 is 12.7. The lowest BCUT2D eigenvalue weighted by Crippen LogP contribution is -2.05. The van der Waals surface area contributed by atoms with E-state index in [2.05, 4.69) is 4.98 Å². The first kappa shape index (κ1) is 16.6. The number of benzene rings is 2. The minimum Gasteiger partial charge on any atom is -0.493 e. The highest BCUT2D eigenvalue weighted by molar-refractivity contribution is 5.94. The molecule has 0 radical (unpaired) electrons. The van der Waals surface area contributed by atoms with Crippen LogP contribution in [0.2, 0.25) is 0 Å². The van der Waals surface area contributed by atoms with Crippen molar-refractivity contribution in [1.29, 1.82) is 0 Å². The first-order valence-corrected chi connectivity index (χ1v) is 7.68. The van der Waals surface area contributed by atoms with Crippen LogP contribution in [0, 0.1) is 6.92 Å².